The zero-order valence-corrected chi connectivity index (χ0v) is 14.3. The number of nitrogens with zero attached hydrogens (tertiary/aromatic N) is 4. The second kappa shape index (κ2) is 6.64. The standard InChI is InChI=1S/C17H17N5O2S/c23-16(13-10-15-18-6-3-8-22(15)20-13)19-12-4-1-7-21(11-12)17(24)14-5-2-9-25-14/h2-3,5-6,8-10,12H,1,4,7,11H2,(H,19,23). The first-order valence-electron chi connectivity index (χ1n) is 8.15. The van der Waals surface area contributed by atoms with Crippen molar-refractivity contribution in [3.05, 3.63) is 52.6 Å². The van der Waals surface area contributed by atoms with Crippen LogP contribution >= 0.6 is 11.3 Å². The van der Waals surface area contributed by atoms with Crippen molar-refractivity contribution in [2.45, 2.75) is 18.9 Å². The Kier molecular flexibility index (Phi) is 4.19. The lowest BCUT2D eigenvalue weighted by molar-refractivity contribution is 0.0679. The van der Waals surface area contributed by atoms with Gasteiger partial charge in [0.25, 0.3) is 11.8 Å². The molecule has 4 heterocycles. The number of likely N-dealkylation sites (tertiary alicyclic amines) is 1. The van der Waals surface area contributed by atoms with Gasteiger partial charge in [-0.15, -0.1) is 11.3 Å². The third-order valence-corrected chi connectivity index (χ3v) is 5.10. The summed E-state index contributed by atoms with van der Waals surface area (Å²) in [7, 11) is 0. The van der Waals surface area contributed by atoms with E-state index in [1.165, 1.54) is 11.3 Å². The van der Waals surface area contributed by atoms with E-state index in [1.807, 2.05) is 22.4 Å². The van der Waals surface area contributed by atoms with Crippen molar-refractivity contribution in [2.75, 3.05) is 13.1 Å². The Hall–Kier alpha value is -2.74. The Morgan fingerprint density at radius 3 is 3.04 bits per heavy atom. The summed E-state index contributed by atoms with van der Waals surface area (Å²) in [5, 5.41) is 9.13. The quantitative estimate of drug-likeness (QED) is 0.777. The molecule has 0 bridgehead atoms. The highest BCUT2D eigenvalue weighted by Crippen LogP contribution is 2.17. The highest BCUT2D eigenvalue weighted by molar-refractivity contribution is 7.12. The molecule has 1 fully saturated rings. The van der Waals surface area contributed by atoms with Gasteiger partial charge in [-0.2, -0.15) is 5.10 Å². The average molecular weight is 355 g/mol. The third-order valence-electron chi connectivity index (χ3n) is 4.24. The van der Waals surface area contributed by atoms with E-state index in [9.17, 15) is 9.59 Å². The molecule has 3 aromatic rings. The van der Waals surface area contributed by atoms with Crippen LogP contribution < -0.4 is 5.32 Å². The molecule has 25 heavy (non-hydrogen) atoms. The van der Waals surface area contributed by atoms with E-state index in [4.69, 9.17) is 0 Å². The van der Waals surface area contributed by atoms with E-state index >= 15 is 0 Å². The number of fused-ring (bicyclic) bond motifs is 1. The molecule has 2 amide bonds. The number of piperidine rings is 1. The molecule has 0 radical (unpaired) electrons. The molecule has 1 unspecified atom stereocenters. The smallest absolute Gasteiger partial charge is 0.272 e. The topological polar surface area (TPSA) is 79.6 Å². The van der Waals surface area contributed by atoms with Gasteiger partial charge >= 0.3 is 0 Å². The van der Waals surface area contributed by atoms with Gasteiger partial charge in [0, 0.05) is 37.6 Å². The molecule has 1 atom stereocenters. The maximum Gasteiger partial charge on any atom is 0.272 e. The first kappa shape index (κ1) is 15.8. The number of hydrogen-bond donors (Lipinski definition) is 1. The maximum absolute atomic E-state index is 12.5. The van der Waals surface area contributed by atoms with E-state index in [1.54, 1.807) is 29.0 Å². The van der Waals surface area contributed by atoms with Crippen LogP contribution in [-0.4, -0.2) is 50.4 Å². The number of aromatic nitrogens is 3. The lowest BCUT2D eigenvalue weighted by Gasteiger charge is -2.32. The normalized spacial score (nSPS) is 17.6. The fraction of sp³-hybridized carbons (Fsp3) is 0.294. The highest BCUT2D eigenvalue weighted by Gasteiger charge is 2.26. The Balaban J connectivity index is 1.43. The molecule has 4 rings (SSSR count). The highest BCUT2D eigenvalue weighted by atomic mass is 32.1. The molecule has 8 heteroatoms. The predicted octanol–water partition coefficient (Wildman–Crippen LogP) is 1.83. The number of amides is 2. The Morgan fingerprint density at radius 1 is 1.32 bits per heavy atom. The molecule has 0 saturated carbocycles. The molecule has 1 saturated heterocycles. The largest absolute Gasteiger partial charge is 0.346 e. The second-order valence-corrected chi connectivity index (χ2v) is 6.94. The lowest BCUT2D eigenvalue weighted by Crippen LogP contribution is -2.49. The van der Waals surface area contributed by atoms with Crippen LogP contribution in [0.3, 0.4) is 0 Å². The first-order chi connectivity index (χ1) is 12.2. The van der Waals surface area contributed by atoms with Crippen LogP contribution in [0.25, 0.3) is 5.65 Å². The van der Waals surface area contributed by atoms with Crippen LogP contribution in [0, 0.1) is 0 Å². The molecule has 128 valence electrons. The molecule has 0 spiro atoms. The minimum atomic E-state index is -0.235. The van der Waals surface area contributed by atoms with E-state index in [0.29, 0.717) is 17.9 Å². The fourth-order valence-electron chi connectivity index (χ4n) is 3.04. The number of rotatable bonds is 3. The summed E-state index contributed by atoms with van der Waals surface area (Å²) in [6, 6.07) is 7.06. The monoisotopic (exact) mass is 355 g/mol. The molecular formula is C17H17N5O2S. The van der Waals surface area contributed by atoms with Gasteiger partial charge in [-0.05, 0) is 30.4 Å². The zero-order valence-electron chi connectivity index (χ0n) is 13.5. The summed E-state index contributed by atoms with van der Waals surface area (Å²) in [5.41, 5.74) is 0.964. The maximum atomic E-state index is 12.5. The van der Waals surface area contributed by atoms with Crippen LogP contribution in [0.15, 0.2) is 42.0 Å². The van der Waals surface area contributed by atoms with Crippen molar-refractivity contribution in [3.63, 3.8) is 0 Å². The molecular weight excluding hydrogens is 338 g/mol. The number of carbonyl (C=O) groups excluding carboxylic acids is 2. The van der Waals surface area contributed by atoms with Crippen LogP contribution in [0.5, 0.6) is 0 Å². The van der Waals surface area contributed by atoms with Crippen molar-refractivity contribution in [1.82, 2.24) is 24.8 Å². The predicted molar refractivity (Wildman–Crippen MR) is 93.7 cm³/mol. The van der Waals surface area contributed by atoms with E-state index in [2.05, 4.69) is 15.4 Å². The van der Waals surface area contributed by atoms with Gasteiger partial charge in [-0.3, -0.25) is 9.59 Å². The minimum Gasteiger partial charge on any atom is -0.346 e. The first-order valence-corrected chi connectivity index (χ1v) is 9.03. The zero-order chi connectivity index (χ0) is 17.2. The van der Waals surface area contributed by atoms with Gasteiger partial charge in [0.15, 0.2) is 11.3 Å². The van der Waals surface area contributed by atoms with Crippen molar-refractivity contribution in [3.8, 4) is 0 Å². The van der Waals surface area contributed by atoms with Gasteiger partial charge < -0.3 is 10.2 Å². The molecule has 7 nitrogen and oxygen atoms in total. The van der Waals surface area contributed by atoms with Gasteiger partial charge in [-0.1, -0.05) is 6.07 Å². The summed E-state index contributed by atoms with van der Waals surface area (Å²) >= 11 is 1.44. The van der Waals surface area contributed by atoms with Crippen molar-refractivity contribution >= 4 is 28.8 Å². The number of thiophene rings is 1. The third kappa shape index (κ3) is 3.25. The lowest BCUT2D eigenvalue weighted by atomic mass is 10.1. The van der Waals surface area contributed by atoms with Crippen molar-refractivity contribution < 1.29 is 9.59 Å². The van der Waals surface area contributed by atoms with Gasteiger partial charge in [-0.25, -0.2) is 9.50 Å². The molecule has 3 aromatic heterocycles. The van der Waals surface area contributed by atoms with Crippen LogP contribution in [0.2, 0.25) is 0 Å². The summed E-state index contributed by atoms with van der Waals surface area (Å²) in [6.45, 7) is 1.25. The molecule has 1 N–H and O–H groups in total. The Bertz CT molecular complexity index is 872. The molecule has 0 aliphatic carbocycles. The summed E-state index contributed by atoms with van der Waals surface area (Å²) in [5.74, 6) is -0.202. The van der Waals surface area contributed by atoms with E-state index < -0.39 is 0 Å². The molecule has 1 aliphatic rings. The average Bonchev–Trinajstić information content (AvgIpc) is 3.31. The summed E-state index contributed by atoms with van der Waals surface area (Å²) < 4.78 is 1.57. The Labute approximate surface area is 148 Å². The van der Waals surface area contributed by atoms with E-state index in [-0.39, 0.29) is 17.9 Å². The van der Waals surface area contributed by atoms with Crippen molar-refractivity contribution in [1.29, 1.82) is 0 Å². The number of hydrogen-bond acceptors (Lipinski definition) is 5. The number of carbonyl (C=O) groups is 2. The minimum absolute atomic E-state index is 0.0332. The van der Waals surface area contributed by atoms with Crippen LogP contribution in [0.1, 0.15) is 33.0 Å². The van der Waals surface area contributed by atoms with Gasteiger partial charge in [0.1, 0.15) is 0 Å². The van der Waals surface area contributed by atoms with Crippen LogP contribution in [0.4, 0.5) is 0 Å². The molecule has 1 aliphatic heterocycles. The second-order valence-electron chi connectivity index (χ2n) is 5.99. The van der Waals surface area contributed by atoms with E-state index in [0.717, 1.165) is 24.3 Å². The molecule has 0 aromatic carbocycles. The SMILES string of the molecule is O=C(NC1CCCN(C(=O)c2cccs2)C1)c1cc2ncccn2n1. The van der Waals surface area contributed by atoms with Crippen molar-refractivity contribution in [2.24, 2.45) is 0 Å². The van der Waals surface area contributed by atoms with Gasteiger partial charge in [0.05, 0.1) is 4.88 Å². The summed E-state index contributed by atoms with van der Waals surface area (Å²) in [6.07, 6.45) is 5.13. The van der Waals surface area contributed by atoms with Gasteiger partial charge in [0.2, 0.25) is 0 Å². The Morgan fingerprint density at radius 2 is 2.24 bits per heavy atom. The number of nitrogens with one attached hydrogen (secondary N) is 1. The fourth-order valence-corrected chi connectivity index (χ4v) is 3.73. The van der Waals surface area contributed by atoms with Crippen LogP contribution in [-0.2, 0) is 0 Å². The summed E-state index contributed by atoms with van der Waals surface area (Å²) in [4.78, 5) is 31.7.